The van der Waals surface area contributed by atoms with Gasteiger partial charge < -0.3 is 10.2 Å². The standard InChI is InChI=1S/C15H26O2/c1-13(2)6-5-7-14(3)10-9(16)8-15(14,4)12(17)11(10)13/h9-12,16-17H,5-8H2,1-4H3/t9-,10-,11-,12+,14+,15+/m1/s1. The van der Waals surface area contributed by atoms with Crippen LogP contribution in [0.3, 0.4) is 0 Å². The minimum atomic E-state index is -0.226. The number of aliphatic hydroxyl groups is 2. The number of hydrogen-bond acceptors (Lipinski definition) is 2. The predicted molar refractivity (Wildman–Crippen MR) is 67.5 cm³/mol. The molecule has 2 heteroatoms. The fourth-order valence-corrected chi connectivity index (χ4v) is 5.73. The van der Waals surface area contributed by atoms with Gasteiger partial charge in [-0.25, -0.2) is 0 Å². The minimum absolute atomic E-state index is 0.0700. The second-order valence-corrected chi connectivity index (χ2v) is 7.94. The molecule has 0 saturated heterocycles. The average Bonchev–Trinajstić information content (AvgIpc) is 2.44. The van der Waals surface area contributed by atoms with Crippen molar-refractivity contribution in [3.63, 3.8) is 0 Å². The molecule has 0 aliphatic heterocycles. The highest BCUT2D eigenvalue weighted by atomic mass is 16.3. The zero-order valence-electron chi connectivity index (χ0n) is 11.5. The number of rotatable bonds is 0. The Morgan fingerprint density at radius 3 is 2.18 bits per heavy atom. The zero-order chi connectivity index (χ0) is 12.6. The highest BCUT2D eigenvalue weighted by Gasteiger charge is 2.73. The summed E-state index contributed by atoms with van der Waals surface area (Å²) in [5, 5.41) is 21.2. The molecule has 2 N–H and O–H groups in total. The maximum atomic E-state index is 10.8. The Morgan fingerprint density at radius 1 is 0.882 bits per heavy atom. The van der Waals surface area contributed by atoms with E-state index in [0.717, 1.165) is 6.42 Å². The van der Waals surface area contributed by atoms with Crippen LogP contribution in [0.15, 0.2) is 0 Å². The molecule has 2 nitrogen and oxygen atoms in total. The summed E-state index contributed by atoms with van der Waals surface area (Å²) < 4.78 is 0. The van der Waals surface area contributed by atoms with Gasteiger partial charge in [0, 0.05) is 5.41 Å². The van der Waals surface area contributed by atoms with Crippen LogP contribution in [0, 0.1) is 28.1 Å². The third kappa shape index (κ3) is 1.14. The molecule has 0 heterocycles. The van der Waals surface area contributed by atoms with E-state index in [-0.39, 0.29) is 34.4 Å². The van der Waals surface area contributed by atoms with Crippen molar-refractivity contribution in [1.29, 1.82) is 0 Å². The smallest absolute Gasteiger partial charge is 0.0637 e. The Morgan fingerprint density at radius 2 is 1.53 bits per heavy atom. The SMILES string of the molecule is CC1(C)CCC[C@@]2(C)[C@H]3[C@@H]1[C@H](O)[C@]2(C)C[C@H]3O. The van der Waals surface area contributed by atoms with Crippen LogP contribution in [-0.2, 0) is 0 Å². The van der Waals surface area contributed by atoms with Gasteiger partial charge in [0.05, 0.1) is 12.2 Å². The molecule has 4 bridgehead atoms. The fourth-order valence-electron chi connectivity index (χ4n) is 5.73. The lowest BCUT2D eigenvalue weighted by atomic mass is 9.63. The molecule has 0 spiro atoms. The molecule has 0 amide bonds. The first-order chi connectivity index (χ1) is 7.74. The summed E-state index contributed by atoms with van der Waals surface area (Å²) in [5.41, 5.74) is 0.241. The van der Waals surface area contributed by atoms with Crippen molar-refractivity contribution in [1.82, 2.24) is 0 Å². The second-order valence-electron chi connectivity index (χ2n) is 7.94. The minimum Gasteiger partial charge on any atom is -0.393 e. The molecule has 98 valence electrons. The van der Waals surface area contributed by atoms with Crippen LogP contribution >= 0.6 is 0 Å². The maximum absolute atomic E-state index is 10.8. The van der Waals surface area contributed by atoms with Gasteiger partial charge in [-0.3, -0.25) is 0 Å². The van der Waals surface area contributed by atoms with Crippen molar-refractivity contribution in [3.05, 3.63) is 0 Å². The van der Waals surface area contributed by atoms with Crippen molar-refractivity contribution in [2.24, 2.45) is 28.1 Å². The molecule has 3 aliphatic carbocycles. The first kappa shape index (κ1) is 12.0. The van der Waals surface area contributed by atoms with Crippen LogP contribution in [0.1, 0.15) is 53.4 Å². The molecule has 3 rings (SSSR count). The van der Waals surface area contributed by atoms with Crippen molar-refractivity contribution in [2.45, 2.75) is 65.6 Å². The Kier molecular flexibility index (Phi) is 2.17. The van der Waals surface area contributed by atoms with Gasteiger partial charge in [0.2, 0.25) is 0 Å². The van der Waals surface area contributed by atoms with E-state index in [1.165, 1.54) is 19.3 Å². The van der Waals surface area contributed by atoms with Gasteiger partial charge in [0.1, 0.15) is 0 Å². The summed E-state index contributed by atoms with van der Waals surface area (Å²) in [6.45, 7) is 9.09. The highest BCUT2D eigenvalue weighted by molar-refractivity contribution is 5.22. The summed E-state index contributed by atoms with van der Waals surface area (Å²) in [6, 6.07) is 0. The Bertz CT molecular complexity index is 351. The van der Waals surface area contributed by atoms with E-state index < -0.39 is 0 Å². The molecule has 0 unspecified atom stereocenters. The molecule has 17 heavy (non-hydrogen) atoms. The second kappa shape index (κ2) is 3.08. The third-order valence-corrected chi connectivity index (χ3v) is 6.89. The fraction of sp³-hybridized carbons (Fsp3) is 1.00. The molecule has 3 fully saturated rings. The van der Waals surface area contributed by atoms with E-state index in [2.05, 4.69) is 27.7 Å². The Hall–Kier alpha value is -0.0800. The molecule has 0 aromatic carbocycles. The van der Waals surface area contributed by atoms with E-state index in [9.17, 15) is 10.2 Å². The lowest BCUT2D eigenvalue weighted by Gasteiger charge is -2.45. The van der Waals surface area contributed by atoms with Crippen LogP contribution in [0.5, 0.6) is 0 Å². The van der Waals surface area contributed by atoms with Gasteiger partial charge in [-0.1, -0.05) is 34.1 Å². The van der Waals surface area contributed by atoms with E-state index in [1.807, 2.05) is 0 Å². The zero-order valence-corrected chi connectivity index (χ0v) is 11.5. The molecule has 0 aromatic rings. The maximum Gasteiger partial charge on any atom is 0.0637 e. The summed E-state index contributed by atoms with van der Waals surface area (Å²) in [6.07, 6.45) is 3.96. The van der Waals surface area contributed by atoms with Gasteiger partial charge >= 0.3 is 0 Å². The average molecular weight is 238 g/mol. The number of hydrogen-bond donors (Lipinski definition) is 2. The first-order valence-electron chi connectivity index (χ1n) is 7.10. The van der Waals surface area contributed by atoms with Crippen molar-refractivity contribution in [2.75, 3.05) is 0 Å². The van der Waals surface area contributed by atoms with Crippen LogP contribution in [0.2, 0.25) is 0 Å². The monoisotopic (exact) mass is 238 g/mol. The summed E-state index contributed by atoms with van der Waals surface area (Å²) in [7, 11) is 0. The van der Waals surface area contributed by atoms with E-state index in [0.29, 0.717) is 5.92 Å². The van der Waals surface area contributed by atoms with Gasteiger partial charge in [-0.15, -0.1) is 0 Å². The largest absolute Gasteiger partial charge is 0.393 e. The van der Waals surface area contributed by atoms with Crippen LogP contribution in [-0.4, -0.2) is 22.4 Å². The third-order valence-electron chi connectivity index (χ3n) is 6.89. The predicted octanol–water partition coefficient (Wildman–Crippen LogP) is 2.58. The van der Waals surface area contributed by atoms with Crippen LogP contribution < -0.4 is 0 Å². The summed E-state index contributed by atoms with van der Waals surface area (Å²) in [5.74, 6) is 0.587. The highest BCUT2D eigenvalue weighted by Crippen LogP contribution is 2.73. The van der Waals surface area contributed by atoms with Crippen LogP contribution in [0.4, 0.5) is 0 Å². The summed E-state index contributed by atoms with van der Waals surface area (Å²) >= 11 is 0. The first-order valence-corrected chi connectivity index (χ1v) is 7.10. The van der Waals surface area contributed by atoms with Crippen molar-refractivity contribution < 1.29 is 10.2 Å². The van der Waals surface area contributed by atoms with E-state index in [1.54, 1.807) is 0 Å². The molecule has 0 radical (unpaired) electrons. The molecular formula is C15H26O2. The van der Waals surface area contributed by atoms with Gasteiger partial charge in [-0.2, -0.15) is 0 Å². The van der Waals surface area contributed by atoms with Gasteiger partial charge in [0.15, 0.2) is 0 Å². The van der Waals surface area contributed by atoms with E-state index >= 15 is 0 Å². The lowest BCUT2D eigenvalue weighted by molar-refractivity contribution is -0.0850. The van der Waals surface area contributed by atoms with Crippen molar-refractivity contribution in [3.8, 4) is 0 Å². The molecular weight excluding hydrogens is 212 g/mol. The quantitative estimate of drug-likeness (QED) is 0.681. The lowest BCUT2D eigenvalue weighted by Crippen LogP contribution is -2.46. The number of aliphatic hydroxyl groups excluding tert-OH is 2. The van der Waals surface area contributed by atoms with Crippen molar-refractivity contribution >= 4 is 0 Å². The Balaban J connectivity index is 2.15. The topological polar surface area (TPSA) is 40.5 Å². The van der Waals surface area contributed by atoms with Gasteiger partial charge in [0.25, 0.3) is 0 Å². The summed E-state index contributed by atoms with van der Waals surface area (Å²) in [4.78, 5) is 0. The molecule has 6 atom stereocenters. The molecule has 3 aliphatic rings. The normalized spacial score (nSPS) is 60.4. The molecule has 0 aromatic heterocycles. The Labute approximate surface area is 104 Å². The van der Waals surface area contributed by atoms with E-state index in [4.69, 9.17) is 0 Å². The van der Waals surface area contributed by atoms with Gasteiger partial charge in [-0.05, 0) is 41.9 Å². The van der Waals surface area contributed by atoms with Crippen LogP contribution in [0.25, 0.3) is 0 Å². The molecule has 3 saturated carbocycles.